The second kappa shape index (κ2) is 11.4. The number of carbonyl (C=O) groups excluding carboxylic acids is 3. The summed E-state index contributed by atoms with van der Waals surface area (Å²) >= 11 is 0. The van der Waals surface area contributed by atoms with E-state index in [0.29, 0.717) is 24.8 Å². The summed E-state index contributed by atoms with van der Waals surface area (Å²) in [5.41, 5.74) is 2.91. The molecule has 2 aromatic heterocycles. The van der Waals surface area contributed by atoms with Crippen molar-refractivity contribution in [3.05, 3.63) is 95.6 Å². The van der Waals surface area contributed by atoms with Gasteiger partial charge in [0.1, 0.15) is 17.1 Å². The van der Waals surface area contributed by atoms with Crippen LogP contribution in [0.1, 0.15) is 49.5 Å². The van der Waals surface area contributed by atoms with E-state index in [1.807, 2.05) is 42.6 Å². The number of hydrogen-bond donors (Lipinski definition) is 1. The third-order valence-electron chi connectivity index (χ3n) is 7.07. The molecular formula is C31H31N3O5. The fourth-order valence-corrected chi connectivity index (χ4v) is 4.68. The lowest BCUT2D eigenvalue weighted by Crippen LogP contribution is -2.53. The monoisotopic (exact) mass is 525 g/mol. The number of benzene rings is 2. The molecule has 2 aromatic carbocycles. The number of amides is 4. The number of aromatic nitrogens is 1. The van der Waals surface area contributed by atoms with Crippen molar-refractivity contribution in [3.8, 4) is 5.75 Å². The minimum atomic E-state index is -0.768. The van der Waals surface area contributed by atoms with Gasteiger partial charge in [-0.1, -0.05) is 44.2 Å². The number of fused-ring (bicyclic) bond motifs is 1. The molecule has 1 atom stereocenters. The van der Waals surface area contributed by atoms with Crippen LogP contribution in [0.3, 0.4) is 0 Å². The van der Waals surface area contributed by atoms with Crippen molar-refractivity contribution in [2.45, 2.75) is 45.7 Å². The summed E-state index contributed by atoms with van der Waals surface area (Å²) < 4.78 is 13.3. The van der Waals surface area contributed by atoms with Crippen LogP contribution >= 0.6 is 0 Å². The van der Waals surface area contributed by atoms with Gasteiger partial charge in [0.15, 0.2) is 0 Å². The lowest BCUT2D eigenvalue weighted by atomic mass is 9.99. The Balaban J connectivity index is 1.30. The molecule has 200 valence electrons. The van der Waals surface area contributed by atoms with E-state index in [1.54, 1.807) is 18.2 Å². The third-order valence-corrected chi connectivity index (χ3v) is 7.07. The fraction of sp³-hybridized carbons (Fsp3) is 0.258. The van der Waals surface area contributed by atoms with E-state index in [0.717, 1.165) is 40.0 Å². The molecule has 5 rings (SSSR count). The number of nitrogens with one attached hydrogen (secondary N) is 1. The fourth-order valence-electron chi connectivity index (χ4n) is 4.68. The minimum absolute atomic E-state index is 0.0651. The van der Waals surface area contributed by atoms with Gasteiger partial charge in [-0.15, -0.1) is 0 Å². The highest BCUT2D eigenvalue weighted by atomic mass is 16.5. The number of urea groups is 1. The summed E-state index contributed by atoms with van der Waals surface area (Å²) in [7, 11) is 0. The van der Waals surface area contributed by atoms with Crippen molar-refractivity contribution in [2.75, 3.05) is 6.61 Å². The van der Waals surface area contributed by atoms with E-state index in [-0.39, 0.29) is 12.1 Å². The Hall–Kier alpha value is -4.59. The number of ether oxygens (including phenoxy) is 1. The normalized spacial score (nSPS) is 15.7. The first-order valence-corrected chi connectivity index (χ1v) is 13.2. The topological polar surface area (TPSA) is 93.8 Å². The van der Waals surface area contributed by atoms with E-state index in [2.05, 4.69) is 35.9 Å². The van der Waals surface area contributed by atoms with Gasteiger partial charge < -0.3 is 13.7 Å². The Labute approximate surface area is 226 Å². The summed E-state index contributed by atoms with van der Waals surface area (Å²) in [6, 6.07) is 18.7. The Morgan fingerprint density at radius 1 is 1.03 bits per heavy atom. The van der Waals surface area contributed by atoms with Crippen LogP contribution in [0.15, 0.2) is 83.1 Å². The predicted octanol–water partition coefficient (Wildman–Crippen LogP) is 5.88. The summed E-state index contributed by atoms with van der Waals surface area (Å²) in [5, 5.41) is 3.17. The average Bonchev–Trinajstić information content (AvgIpc) is 3.59. The van der Waals surface area contributed by atoms with Crippen molar-refractivity contribution in [1.82, 2.24) is 14.8 Å². The van der Waals surface area contributed by atoms with E-state index in [4.69, 9.17) is 9.15 Å². The van der Waals surface area contributed by atoms with Gasteiger partial charge in [-0.25, -0.2) is 4.79 Å². The van der Waals surface area contributed by atoms with Crippen LogP contribution in [-0.4, -0.2) is 33.9 Å². The molecule has 1 N–H and O–H groups in total. The second-order valence-electron chi connectivity index (χ2n) is 9.66. The molecule has 8 heteroatoms. The molecule has 8 nitrogen and oxygen atoms in total. The molecule has 0 spiro atoms. The molecule has 0 aliphatic carbocycles. The molecule has 0 unspecified atom stereocenters. The smallest absolute Gasteiger partial charge is 0.331 e. The predicted molar refractivity (Wildman–Crippen MR) is 148 cm³/mol. The number of furan rings is 1. The van der Waals surface area contributed by atoms with Gasteiger partial charge in [0.05, 0.1) is 19.4 Å². The lowest BCUT2D eigenvalue weighted by Gasteiger charge is -2.25. The van der Waals surface area contributed by atoms with Gasteiger partial charge in [0.25, 0.3) is 11.8 Å². The number of para-hydroxylation sites is 1. The van der Waals surface area contributed by atoms with Crippen LogP contribution in [0, 0.1) is 0 Å². The molecular weight excluding hydrogens is 494 g/mol. The van der Waals surface area contributed by atoms with Crippen molar-refractivity contribution >= 4 is 34.8 Å². The lowest BCUT2D eigenvalue weighted by molar-refractivity contribution is -0.130. The molecule has 0 radical (unpaired) electrons. The summed E-state index contributed by atoms with van der Waals surface area (Å²) in [6.07, 6.45) is 6.81. The van der Waals surface area contributed by atoms with Gasteiger partial charge >= 0.3 is 6.03 Å². The van der Waals surface area contributed by atoms with Crippen LogP contribution < -0.4 is 10.1 Å². The zero-order chi connectivity index (χ0) is 27.4. The second-order valence-corrected chi connectivity index (χ2v) is 9.66. The molecule has 0 bridgehead atoms. The standard InChI is InChI=1S/C31H31N3O5/c1-3-21(2)22-11-13-24(14-12-22)38-17-7-15-33-19-23(26-9-4-5-10-28(26)33)18-27-29(35)32-31(37)34(30(27)36)20-25-8-6-16-39-25/h4-6,8-14,16,18-19,21H,3,7,15,17,20H2,1-2H3,(H,32,35,37)/b27-18-/t21-/m1/s1. The minimum Gasteiger partial charge on any atom is -0.494 e. The molecule has 1 aliphatic heterocycles. The molecule has 0 saturated carbocycles. The SMILES string of the molecule is CC[C@@H](C)c1ccc(OCCCn2cc(/C=C3/C(=O)NC(=O)N(Cc4ccco4)C3=O)c3ccccc32)cc1. The summed E-state index contributed by atoms with van der Waals surface area (Å²) in [5.74, 6) is 0.438. The van der Waals surface area contributed by atoms with Gasteiger partial charge in [-0.05, 0) is 60.7 Å². The molecule has 4 amide bonds. The zero-order valence-electron chi connectivity index (χ0n) is 22.1. The highest BCUT2D eigenvalue weighted by Gasteiger charge is 2.36. The first kappa shape index (κ1) is 26.0. The Bertz CT molecular complexity index is 1520. The molecule has 1 fully saturated rings. The molecule has 4 aromatic rings. The van der Waals surface area contributed by atoms with Crippen molar-refractivity contribution in [3.63, 3.8) is 0 Å². The largest absolute Gasteiger partial charge is 0.494 e. The number of nitrogens with zero attached hydrogens (tertiary/aromatic N) is 2. The van der Waals surface area contributed by atoms with Crippen LogP contribution in [0.25, 0.3) is 17.0 Å². The Morgan fingerprint density at radius 2 is 1.82 bits per heavy atom. The average molecular weight is 526 g/mol. The number of barbiturate groups is 1. The van der Waals surface area contributed by atoms with Crippen LogP contribution in [0.4, 0.5) is 4.79 Å². The highest BCUT2D eigenvalue weighted by molar-refractivity contribution is 6.31. The van der Waals surface area contributed by atoms with E-state index in [1.165, 1.54) is 11.8 Å². The number of aryl methyl sites for hydroxylation is 1. The maximum Gasteiger partial charge on any atom is 0.331 e. The summed E-state index contributed by atoms with van der Waals surface area (Å²) in [6.45, 7) is 5.58. The quantitative estimate of drug-likeness (QED) is 0.159. The molecule has 3 heterocycles. The van der Waals surface area contributed by atoms with Gasteiger partial charge in [-0.2, -0.15) is 0 Å². The highest BCUT2D eigenvalue weighted by Crippen LogP contribution is 2.26. The maximum absolute atomic E-state index is 13.2. The third kappa shape index (κ3) is 5.65. The van der Waals surface area contributed by atoms with Crippen molar-refractivity contribution in [2.24, 2.45) is 0 Å². The van der Waals surface area contributed by atoms with E-state index < -0.39 is 17.8 Å². The Kier molecular flexibility index (Phi) is 7.63. The van der Waals surface area contributed by atoms with E-state index >= 15 is 0 Å². The van der Waals surface area contributed by atoms with E-state index in [9.17, 15) is 14.4 Å². The van der Waals surface area contributed by atoms with Crippen LogP contribution in [-0.2, 0) is 22.7 Å². The first-order valence-electron chi connectivity index (χ1n) is 13.2. The molecule has 1 saturated heterocycles. The number of imide groups is 2. The van der Waals surface area contributed by atoms with Crippen molar-refractivity contribution in [1.29, 1.82) is 0 Å². The molecule has 1 aliphatic rings. The number of rotatable bonds is 10. The van der Waals surface area contributed by atoms with Crippen LogP contribution in [0.5, 0.6) is 5.75 Å². The number of carbonyl (C=O) groups is 3. The van der Waals surface area contributed by atoms with Gasteiger partial charge in [0.2, 0.25) is 0 Å². The van der Waals surface area contributed by atoms with Crippen molar-refractivity contribution < 1.29 is 23.5 Å². The maximum atomic E-state index is 13.2. The Morgan fingerprint density at radius 3 is 2.56 bits per heavy atom. The molecule has 39 heavy (non-hydrogen) atoms. The first-order chi connectivity index (χ1) is 18.9. The number of hydrogen-bond acceptors (Lipinski definition) is 5. The van der Waals surface area contributed by atoms with Gasteiger partial charge in [0, 0.05) is 29.2 Å². The van der Waals surface area contributed by atoms with Crippen LogP contribution in [0.2, 0.25) is 0 Å². The summed E-state index contributed by atoms with van der Waals surface area (Å²) in [4.78, 5) is 39.1. The zero-order valence-corrected chi connectivity index (χ0v) is 22.1. The van der Waals surface area contributed by atoms with Gasteiger partial charge in [-0.3, -0.25) is 19.8 Å².